The number of anilines is 1. The van der Waals surface area contributed by atoms with E-state index in [2.05, 4.69) is 20.4 Å². The monoisotopic (exact) mass is 393 g/mol. The van der Waals surface area contributed by atoms with Crippen LogP contribution in [0.25, 0.3) is 11.4 Å². The molecule has 1 aromatic carbocycles. The maximum absolute atomic E-state index is 12.6. The van der Waals surface area contributed by atoms with E-state index in [1.807, 2.05) is 41.3 Å². The highest BCUT2D eigenvalue weighted by atomic mass is 16.5. The van der Waals surface area contributed by atoms with Gasteiger partial charge in [0, 0.05) is 37.6 Å². The molecular weight excluding hydrogens is 370 g/mol. The number of hydrogen-bond acceptors (Lipinski definition) is 7. The van der Waals surface area contributed by atoms with Gasteiger partial charge in [-0.2, -0.15) is 4.98 Å². The molecule has 1 aliphatic rings. The Balaban J connectivity index is 1.38. The summed E-state index contributed by atoms with van der Waals surface area (Å²) >= 11 is 0. The molecule has 0 bridgehead atoms. The van der Waals surface area contributed by atoms with E-state index in [4.69, 9.17) is 9.26 Å². The summed E-state index contributed by atoms with van der Waals surface area (Å²) in [6, 6.07) is 11.7. The summed E-state index contributed by atoms with van der Waals surface area (Å²) < 4.78 is 10.6. The normalized spacial score (nSPS) is 16.4. The van der Waals surface area contributed by atoms with Crippen molar-refractivity contribution in [2.75, 3.05) is 25.1 Å². The zero-order valence-corrected chi connectivity index (χ0v) is 16.2. The predicted molar refractivity (Wildman–Crippen MR) is 107 cm³/mol. The number of pyridine rings is 1. The number of benzene rings is 1. The first-order chi connectivity index (χ1) is 14.2. The molecule has 0 saturated carbocycles. The van der Waals surface area contributed by atoms with Gasteiger partial charge >= 0.3 is 6.01 Å². The van der Waals surface area contributed by atoms with E-state index in [9.17, 15) is 4.79 Å². The number of nitrogens with one attached hydrogen (secondary N) is 1. The van der Waals surface area contributed by atoms with Crippen molar-refractivity contribution in [2.24, 2.45) is 5.92 Å². The lowest BCUT2D eigenvalue weighted by Crippen LogP contribution is -2.43. The second-order valence-corrected chi connectivity index (χ2v) is 6.99. The molecule has 1 unspecified atom stereocenters. The van der Waals surface area contributed by atoms with E-state index in [0.717, 1.165) is 36.3 Å². The Labute approximate surface area is 168 Å². The molecule has 1 N–H and O–H groups in total. The third kappa shape index (κ3) is 4.53. The number of carbonyl (C=O) groups is 1. The molecule has 0 radical (unpaired) electrons. The van der Waals surface area contributed by atoms with Gasteiger partial charge in [0.15, 0.2) is 0 Å². The van der Waals surface area contributed by atoms with Crippen LogP contribution in [-0.4, -0.2) is 41.2 Å². The van der Waals surface area contributed by atoms with Crippen molar-refractivity contribution in [1.29, 1.82) is 0 Å². The first-order valence-corrected chi connectivity index (χ1v) is 9.62. The second kappa shape index (κ2) is 8.72. The lowest BCUT2D eigenvalue weighted by Gasteiger charge is -2.30. The summed E-state index contributed by atoms with van der Waals surface area (Å²) in [7, 11) is 1.63. The fraction of sp³-hybridized carbons (Fsp3) is 0.333. The van der Waals surface area contributed by atoms with E-state index in [1.165, 1.54) is 0 Å². The van der Waals surface area contributed by atoms with Gasteiger partial charge in [-0.15, -0.1) is 0 Å². The lowest BCUT2D eigenvalue weighted by atomic mass is 9.97. The van der Waals surface area contributed by atoms with Gasteiger partial charge in [0.05, 0.1) is 13.0 Å². The SMILES string of the molecule is COc1ccc(-c2noc(N3CCCC(C(=O)NCc4cccnc4)C3)n2)cc1. The molecule has 0 spiro atoms. The van der Waals surface area contributed by atoms with Gasteiger partial charge in [0.25, 0.3) is 0 Å². The van der Waals surface area contributed by atoms with Crippen molar-refractivity contribution in [3.05, 3.63) is 54.4 Å². The van der Waals surface area contributed by atoms with Crippen molar-refractivity contribution < 1.29 is 14.1 Å². The summed E-state index contributed by atoms with van der Waals surface area (Å²) in [5.74, 6) is 1.21. The van der Waals surface area contributed by atoms with Gasteiger partial charge in [-0.25, -0.2) is 0 Å². The third-order valence-corrected chi connectivity index (χ3v) is 5.02. The van der Waals surface area contributed by atoms with E-state index in [-0.39, 0.29) is 11.8 Å². The molecule has 0 aliphatic carbocycles. The quantitative estimate of drug-likeness (QED) is 0.688. The van der Waals surface area contributed by atoms with Crippen LogP contribution in [0.5, 0.6) is 5.75 Å². The highest BCUT2D eigenvalue weighted by Gasteiger charge is 2.28. The molecule has 1 atom stereocenters. The Hall–Kier alpha value is -3.42. The molecule has 3 aromatic rings. The molecule has 3 heterocycles. The van der Waals surface area contributed by atoms with E-state index in [0.29, 0.717) is 24.9 Å². The fourth-order valence-corrected chi connectivity index (χ4v) is 3.40. The Morgan fingerprint density at radius 2 is 2.17 bits per heavy atom. The summed E-state index contributed by atoms with van der Waals surface area (Å²) in [6.45, 7) is 1.82. The predicted octanol–water partition coefficient (Wildman–Crippen LogP) is 2.67. The molecule has 8 nitrogen and oxygen atoms in total. The second-order valence-electron chi connectivity index (χ2n) is 6.99. The van der Waals surface area contributed by atoms with Crippen LogP contribution in [-0.2, 0) is 11.3 Å². The summed E-state index contributed by atoms with van der Waals surface area (Å²) in [5.41, 5.74) is 1.83. The number of ether oxygens (including phenoxy) is 1. The Kier molecular flexibility index (Phi) is 5.69. The molecule has 1 amide bonds. The number of amides is 1. The van der Waals surface area contributed by atoms with Gasteiger partial charge < -0.3 is 19.5 Å². The summed E-state index contributed by atoms with van der Waals surface area (Å²) in [5, 5.41) is 7.09. The van der Waals surface area contributed by atoms with Crippen molar-refractivity contribution >= 4 is 11.9 Å². The molecular formula is C21H23N5O3. The molecule has 150 valence electrons. The Bertz CT molecular complexity index is 942. The van der Waals surface area contributed by atoms with E-state index < -0.39 is 0 Å². The van der Waals surface area contributed by atoms with Crippen LogP contribution in [0.2, 0.25) is 0 Å². The van der Waals surface area contributed by atoms with Crippen LogP contribution >= 0.6 is 0 Å². The summed E-state index contributed by atoms with van der Waals surface area (Å²) in [4.78, 5) is 23.2. The Morgan fingerprint density at radius 1 is 1.31 bits per heavy atom. The number of carbonyl (C=O) groups excluding carboxylic acids is 1. The molecule has 29 heavy (non-hydrogen) atoms. The highest BCUT2D eigenvalue weighted by Crippen LogP contribution is 2.26. The zero-order chi connectivity index (χ0) is 20.1. The van der Waals surface area contributed by atoms with Crippen LogP contribution in [0.3, 0.4) is 0 Å². The number of hydrogen-bond donors (Lipinski definition) is 1. The highest BCUT2D eigenvalue weighted by molar-refractivity contribution is 5.79. The molecule has 2 aromatic heterocycles. The minimum absolute atomic E-state index is 0.0356. The molecule has 4 rings (SSSR count). The maximum Gasteiger partial charge on any atom is 0.324 e. The van der Waals surface area contributed by atoms with Gasteiger partial charge in [-0.1, -0.05) is 11.2 Å². The molecule has 1 saturated heterocycles. The topological polar surface area (TPSA) is 93.4 Å². The Morgan fingerprint density at radius 3 is 2.93 bits per heavy atom. The lowest BCUT2D eigenvalue weighted by molar-refractivity contribution is -0.125. The molecule has 1 fully saturated rings. The van der Waals surface area contributed by atoms with Gasteiger partial charge in [0.1, 0.15) is 5.75 Å². The van der Waals surface area contributed by atoms with E-state index in [1.54, 1.807) is 19.5 Å². The number of rotatable bonds is 6. The smallest absolute Gasteiger partial charge is 0.324 e. The van der Waals surface area contributed by atoms with Crippen molar-refractivity contribution in [1.82, 2.24) is 20.4 Å². The summed E-state index contributed by atoms with van der Waals surface area (Å²) in [6.07, 6.45) is 5.21. The number of aromatic nitrogens is 3. The molecule has 8 heteroatoms. The average molecular weight is 393 g/mol. The van der Waals surface area contributed by atoms with Crippen molar-refractivity contribution in [2.45, 2.75) is 19.4 Å². The maximum atomic E-state index is 12.6. The standard InChI is InChI=1S/C21H23N5O3/c1-28-18-8-6-16(7-9-18)19-24-21(29-25-19)26-11-3-5-17(14-26)20(27)23-13-15-4-2-10-22-12-15/h2,4,6-10,12,17H,3,5,11,13-14H2,1H3,(H,23,27). The number of piperidine rings is 1. The third-order valence-electron chi connectivity index (χ3n) is 5.02. The largest absolute Gasteiger partial charge is 0.497 e. The average Bonchev–Trinajstić information content (AvgIpc) is 3.29. The van der Waals surface area contributed by atoms with Crippen LogP contribution < -0.4 is 15.0 Å². The van der Waals surface area contributed by atoms with Gasteiger partial charge in [-0.05, 0) is 48.7 Å². The zero-order valence-electron chi connectivity index (χ0n) is 16.2. The van der Waals surface area contributed by atoms with Gasteiger partial charge in [-0.3, -0.25) is 9.78 Å². The van der Waals surface area contributed by atoms with Crippen molar-refractivity contribution in [3.63, 3.8) is 0 Å². The molecule has 1 aliphatic heterocycles. The number of nitrogens with zero attached hydrogens (tertiary/aromatic N) is 4. The number of methoxy groups -OCH3 is 1. The van der Waals surface area contributed by atoms with Crippen LogP contribution in [0.4, 0.5) is 6.01 Å². The first kappa shape index (κ1) is 18.9. The van der Waals surface area contributed by atoms with Crippen LogP contribution in [0, 0.1) is 5.92 Å². The van der Waals surface area contributed by atoms with Gasteiger partial charge in [0.2, 0.25) is 11.7 Å². The van der Waals surface area contributed by atoms with Crippen LogP contribution in [0.15, 0.2) is 53.3 Å². The first-order valence-electron chi connectivity index (χ1n) is 9.62. The van der Waals surface area contributed by atoms with Crippen LogP contribution in [0.1, 0.15) is 18.4 Å². The minimum Gasteiger partial charge on any atom is -0.497 e. The van der Waals surface area contributed by atoms with Crippen molar-refractivity contribution in [3.8, 4) is 17.1 Å². The van der Waals surface area contributed by atoms with E-state index >= 15 is 0 Å². The minimum atomic E-state index is -0.114. The fourth-order valence-electron chi connectivity index (χ4n) is 3.40.